The number of hydrogen-bond acceptors (Lipinski definition) is 2. The van der Waals surface area contributed by atoms with Crippen LogP contribution < -0.4 is 3.71 Å². The fourth-order valence-corrected chi connectivity index (χ4v) is 3.83. The number of aryl methyl sites for hydroxylation is 1. The minimum atomic E-state index is -1.21. The second-order valence-electron chi connectivity index (χ2n) is 2.44. The van der Waals surface area contributed by atoms with E-state index in [1.807, 2.05) is 10.9 Å². The zero-order chi connectivity index (χ0) is 7.56. The summed E-state index contributed by atoms with van der Waals surface area (Å²) in [6.07, 6.45) is 1.91. The van der Waals surface area contributed by atoms with Gasteiger partial charge in [0.1, 0.15) is 0 Å². The molecule has 0 saturated carbocycles. The van der Waals surface area contributed by atoms with Crippen molar-refractivity contribution in [2.24, 2.45) is 0 Å². The standard InChI is InChI=1S/C4H6N3.2CH3.Sn/c1-2-7-4-3-5-6-7;;;/h3H,2H2,1H3;2*1H3;. The van der Waals surface area contributed by atoms with E-state index in [1.54, 1.807) is 0 Å². The molecular formula is C6H12N3Sn. The van der Waals surface area contributed by atoms with Crippen LogP contribution in [0, 0.1) is 0 Å². The molecule has 55 valence electrons. The van der Waals surface area contributed by atoms with Gasteiger partial charge in [0.15, 0.2) is 0 Å². The molecule has 0 aliphatic heterocycles. The molecule has 10 heavy (non-hydrogen) atoms. The first-order chi connectivity index (χ1) is 4.75. The summed E-state index contributed by atoms with van der Waals surface area (Å²) >= 11 is -1.21. The summed E-state index contributed by atoms with van der Waals surface area (Å²) in [5.41, 5.74) is 0. The molecule has 0 amide bonds. The van der Waals surface area contributed by atoms with Crippen molar-refractivity contribution in [1.29, 1.82) is 0 Å². The third-order valence-electron chi connectivity index (χ3n) is 1.43. The van der Waals surface area contributed by atoms with Crippen molar-refractivity contribution >= 4 is 23.5 Å². The SMILES string of the molecule is CCn1nnc[c]1[Sn]([CH3])[CH3]. The summed E-state index contributed by atoms with van der Waals surface area (Å²) in [4.78, 5) is 4.68. The van der Waals surface area contributed by atoms with Gasteiger partial charge in [0.25, 0.3) is 0 Å². The van der Waals surface area contributed by atoms with E-state index in [9.17, 15) is 0 Å². The van der Waals surface area contributed by atoms with Crippen molar-refractivity contribution in [3.05, 3.63) is 6.20 Å². The van der Waals surface area contributed by atoms with E-state index >= 15 is 0 Å². The van der Waals surface area contributed by atoms with Crippen molar-refractivity contribution in [3.63, 3.8) is 0 Å². The Balaban J connectivity index is 2.90. The van der Waals surface area contributed by atoms with E-state index < -0.39 is 19.8 Å². The van der Waals surface area contributed by atoms with Crippen LogP contribution >= 0.6 is 0 Å². The van der Waals surface area contributed by atoms with Gasteiger partial charge >= 0.3 is 68.0 Å². The van der Waals surface area contributed by atoms with Crippen LogP contribution in [0.5, 0.6) is 0 Å². The van der Waals surface area contributed by atoms with Gasteiger partial charge in [0.05, 0.1) is 0 Å². The topological polar surface area (TPSA) is 30.7 Å². The van der Waals surface area contributed by atoms with E-state index in [1.165, 1.54) is 3.71 Å². The zero-order valence-corrected chi connectivity index (χ0v) is 9.48. The van der Waals surface area contributed by atoms with Crippen LogP contribution in [0.2, 0.25) is 9.88 Å². The van der Waals surface area contributed by atoms with Crippen LogP contribution in [-0.2, 0) is 6.54 Å². The van der Waals surface area contributed by atoms with Crippen LogP contribution in [-0.4, -0.2) is 34.8 Å². The van der Waals surface area contributed by atoms with Crippen molar-refractivity contribution in [3.8, 4) is 0 Å². The van der Waals surface area contributed by atoms with Crippen LogP contribution in [0.4, 0.5) is 0 Å². The van der Waals surface area contributed by atoms with Crippen LogP contribution in [0.15, 0.2) is 6.20 Å². The molecular weight excluding hydrogens is 233 g/mol. The van der Waals surface area contributed by atoms with Crippen LogP contribution in [0.25, 0.3) is 0 Å². The second-order valence-corrected chi connectivity index (χ2v) is 9.61. The molecule has 0 aliphatic rings. The summed E-state index contributed by atoms with van der Waals surface area (Å²) < 4.78 is 3.42. The van der Waals surface area contributed by atoms with Crippen molar-refractivity contribution in [2.45, 2.75) is 23.3 Å². The summed E-state index contributed by atoms with van der Waals surface area (Å²) in [6.45, 7) is 3.06. The molecule has 0 bridgehead atoms. The monoisotopic (exact) mass is 246 g/mol. The Bertz CT molecular complexity index is 207. The number of hydrogen-bond donors (Lipinski definition) is 0. The van der Waals surface area contributed by atoms with Gasteiger partial charge in [-0.3, -0.25) is 0 Å². The van der Waals surface area contributed by atoms with Gasteiger partial charge in [-0.05, 0) is 0 Å². The summed E-state index contributed by atoms with van der Waals surface area (Å²) in [7, 11) is 0. The molecule has 1 aromatic rings. The van der Waals surface area contributed by atoms with Crippen LogP contribution in [0.3, 0.4) is 0 Å². The second kappa shape index (κ2) is 3.37. The third-order valence-corrected chi connectivity index (χ3v) is 5.46. The molecule has 1 radical (unpaired) electrons. The van der Waals surface area contributed by atoms with E-state index in [0.29, 0.717) is 0 Å². The molecule has 4 heteroatoms. The fourth-order valence-electron chi connectivity index (χ4n) is 0.878. The van der Waals surface area contributed by atoms with Gasteiger partial charge in [-0.2, -0.15) is 0 Å². The average Bonchev–Trinajstić information content (AvgIpc) is 2.33. The van der Waals surface area contributed by atoms with Crippen molar-refractivity contribution in [2.75, 3.05) is 0 Å². The zero-order valence-electron chi connectivity index (χ0n) is 6.63. The van der Waals surface area contributed by atoms with Gasteiger partial charge in [0.2, 0.25) is 0 Å². The Morgan fingerprint density at radius 1 is 1.60 bits per heavy atom. The minimum absolute atomic E-state index is 0.959. The quantitative estimate of drug-likeness (QED) is 0.699. The summed E-state index contributed by atoms with van der Waals surface area (Å²) in [6, 6.07) is 0. The molecule has 0 atom stereocenters. The Morgan fingerprint density at radius 2 is 2.30 bits per heavy atom. The molecule has 0 spiro atoms. The maximum absolute atomic E-state index is 3.97. The van der Waals surface area contributed by atoms with E-state index in [4.69, 9.17) is 0 Å². The Hall–Kier alpha value is -0.0613. The predicted octanol–water partition coefficient (Wildman–Crippen LogP) is 0.259. The number of nitrogens with zero attached hydrogens (tertiary/aromatic N) is 3. The van der Waals surface area contributed by atoms with E-state index in [-0.39, 0.29) is 0 Å². The number of aromatic nitrogens is 3. The van der Waals surface area contributed by atoms with E-state index in [2.05, 4.69) is 27.1 Å². The van der Waals surface area contributed by atoms with Gasteiger partial charge in [-0.15, -0.1) is 0 Å². The Kier molecular flexibility index (Phi) is 2.71. The van der Waals surface area contributed by atoms with E-state index in [0.717, 1.165) is 6.54 Å². The molecule has 1 rings (SSSR count). The summed E-state index contributed by atoms with van der Waals surface area (Å²) in [5, 5.41) is 7.85. The first kappa shape index (κ1) is 8.04. The van der Waals surface area contributed by atoms with Crippen LogP contribution in [0.1, 0.15) is 6.92 Å². The molecule has 1 heterocycles. The summed E-state index contributed by atoms with van der Waals surface area (Å²) in [5.74, 6) is 0. The molecule has 0 aromatic carbocycles. The molecule has 0 fully saturated rings. The molecule has 1 aromatic heterocycles. The Labute approximate surface area is 68.2 Å². The van der Waals surface area contributed by atoms with Gasteiger partial charge < -0.3 is 0 Å². The number of rotatable bonds is 2. The molecule has 0 aliphatic carbocycles. The first-order valence-electron chi connectivity index (χ1n) is 3.44. The van der Waals surface area contributed by atoms with Gasteiger partial charge in [-0.1, -0.05) is 0 Å². The van der Waals surface area contributed by atoms with Crippen molar-refractivity contribution in [1.82, 2.24) is 15.0 Å². The molecule has 3 nitrogen and oxygen atoms in total. The van der Waals surface area contributed by atoms with Crippen molar-refractivity contribution < 1.29 is 0 Å². The fraction of sp³-hybridized carbons (Fsp3) is 0.667. The van der Waals surface area contributed by atoms with Gasteiger partial charge in [-0.25, -0.2) is 0 Å². The first-order valence-corrected chi connectivity index (χ1v) is 10.6. The third kappa shape index (κ3) is 1.50. The van der Waals surface area contributed by atoms with Gasteiger partial charge in [0, 0.05) is 0 Å². The molecule has 0 saturated heterocycles. The predicted molar refractivity (Wildman–Crippen MR) is 42.8 cm³/mol. The molecule has 0 unspecified atom stereocenters. The maximum atomic E-state index is 3.97. The average molecular weight is 245 g/mol. The molecule has 0 N–H and O–H groups in total. The normalized spacial score (nSPS) is 10.8. The Morgan fingerprint density at radius 3 is 2.70 bits per heavy atom.